The van der Waals surface area contributed by atoms with Gasteiger partial charge in [0.25, 0.3) is 0 Å². The summed E-state index contributed by atoms with van der Waals surface area (Å²) >= 11 is 0. The van der Waals surface area contributed by atoms with Crippen LogP contribution in [0.25, 0.3) is 22.9 Å². The van der Waals surface area contributed by atoms with Gasteiger partial charge in [0.15, 0.2) is 0 Å². The quantitative estimate of drug-likeness (QED) is 0.736. The van der Waals surface area contributed by atoms with Crippen molar-refractivity contribution in [1.82, 2.24) is 25.4 Å². The summed E-state index contributed by atoms with van der Waals surface area (Å²) in [7, 11) is 0. The lowest BCUT2D eigenvalue weighted by Crippen LogP contribution is -2.00. The normalized spacial score (nSPS) is 10.8. The largest absolute Gasteiger partial charge is 0.253 e. The molecule has 0 unspecified atom stereocenters. The van der Waals surface area contributed by atoms with E-state index in [0.717, 1.165) is 5.56 Å². The van der Waals surface area contributed by atoms with Crippen LogP contribution in [0.4, 0.5) is 0 Å². The van der Waals surface area contributed by atoms with E-state index in [9.17, 15) is 0 Å². The predicted molar refractivity (Wildman–Crippen MR) is 80.4 cm³/mol. The number of hydrogen-bond donors (Lipinski definition) is 0. The van der Waals surface area contributed by atoms with E-state index in [-0.39, 0.29) is 0 Å². The van der Waals surface area contributed by atoms with Crippen molar-refractivity contribution in [3.05, 3.63) is 54.2 Å². The second-order valence-electron chi connectivity index (χ2n) is 5.04. The molecule has 1 aromatic carbocycles. The molecule has 3 rings (SSSR count). The summed E-state index contributed by atoms with van der Waals surface area (Å²) in [6.07, 6.45) is 1.69. The van der Waals surface area contributed by atoms with Gasteiger partial charge >= 0.3 is 0 Å². The molecule has 0 saturated heterocycles. The highest BCUT2D eigenvalue weighted by Crippen LogP contribution is 2.19. The van der Waals surface area contributed by atoms with Crippen LogP contribution in [0.15, 0.2) is 48.7 Å². The molecule has 0 fully saturated rings. The van der Waals surface area contributed by atoms with Gasteiger partial charge in [0.2, 0.25) is 11.6 Å². The highest BCUT2D eigenvalue weighted by Gasteiger charge is 2.07. The third kappa shape index (κ3) is 2.91. The molecular formula is C16H15N5. The van der Waals surface area contributed by atoms with Crippen molar-refractivity contribution < 1.29 is 0 Å². The average Bonchev–Trinajstić information content (AvgIpc) is 2.56. The van der Waals surface area contributed by atoms with Gasteiger partial charge in [-0.05, 0) is 23.6 Å². The molecule has 5 nitrogen and oxygen atoms in total. The van der Waals surface area contributed by atoms with Crippen molar-refractivity contribution in [1.29, 1.82) is 0 Å². The predicted octanol–water partition coefficient (Wildman–Crippen LogP) is 3.12. The summed E-state index contributed by atoms with van der Waals surface area (Å²) in [6, 6.07) is 13.7. The Balaban J connectivity index is 1.87. The van der Waals surface area contributed by atoms with Crippen molar-refractivity contribution in [2.45, 2.75) is 19.8 Å². The molecule has 2 aromatic heterocycles. The molecule has 0 N–H and O–H groups in total. The van der Waals surface area contributed by atoms with Crippen LogP contribution in [0.3, 0.4) is 0 Å². The van der Waals surface area contributed by atoms with Crippen LogP contribution in [0, 0.1) is 0 Å². The first-order valence-electron chi connectivity index (χ1n) is 6.83. The monoisotopic (exact) mass is 277 g/mol. The van der Waals surface area contributed by atoms with Crippen molar-refractivity contribution >= 4 is 0 Å². The molecule has 21 heavy (non-hydrogen) atoms. The van der Waals surface area contributed by atoms with Crippen LogP contribution in [0.5, 0.6) is 0 Å². The van der Waals surface area contributed by atoms with E-state index in [2.05, 4.69) is 51.4 Å². The minimum atomic E-state index is 0.429. The minimum absolute atomic E-state index is 0.429. The van der Waals surface area contributed by atoms with E-state index in [0.29, 0.717) is 23.3 Å². The summed E-state index contributed by atoms with van der Waals surface area (Å²) in [5.41, 5.74) is 2.86. The Morgan fingerprint density at radius 2 is 1.43 bits per heavy atom. The summed E-state index contributed by atoms with van der Waals surface area (Å²) < 4.78 is 0. The number of benzene rings is 1. The molecule has 104 valence electrons. The van der Waals surface area contributed by atoms with E-state index < -0.39 is 0 Å². The van der Waals surface area contributed by atoms with Crippen LogP contribution in [-0.4, -0.2) is 25.4 Å². The minimum Gasteiger partial charge on any atom is -0.253 e. The lowest BCUT2D eigenvalue weighted by atomic mass is 10.0. The second kappa shape index (κ2) is 5.75. The first-order valence-corrected chi connectivity index (χ1v) is 6.83. The van der Waals surface area contributed by atoms with Gasteiger partial charge in [-0.1, -0.05) is 44.2 Å². The molecule has 0 aliphatic carbocycles. The average molecular weight is 277 g/mol. The standard InChI is InChI=1S/C16H15N5/c1-11(2)12-6-8-13(9-7-12)15-18-20-16(21-19-15)14-5-3-4-10-17-14/h3-11H,1-2H3. The van der Waals surface area contributed by atoms with Gasteiger partial charge in [0, 0.05) is 11.8 Å². The van der Waals surface area contributed by atoms with Gasteiger partial charge < -0.3 is 0 Å². The molecule has 0 radical (unpaired) electrons. The molecule has 0 saturated carbocycles. The number of nitrogens with zero attached hydrogens (tertiary/aromatic N) is 5. The Bertz CT molecular complexity index is 706. The molecule has 0 aliphatic heterocycles. The molecule has 0 aliphatic rings. The molecule has 5 heteroatoms. The van der Waals surface area contributed by atoms with Crippen LogP contribution in [0.2, 0.25) is 0 Å². The van der Waals surface area contributed by atoms with E-state index in [1.165, 1.54) is 5.56 Å². The smallest absolute Gasteiger partial charge is 0.221 e. The second-order valence-corrected chi connectivity index (χ2v) is 5.04. The van der Waals surface area contributed by atoms with Gasteiger partial charge in [-0.2, -0.15) is 0 Å². The van der Waals surface area contributed by atoms with E-state index >= 15 is 0 Å². The van der Waals surface area contributed by atoms with Gasteiger partial charge in [-0.15, -0.1) is 20.4 Å². The van der Waals surface area contributed by atoms with Crippen molar-refractivity contribution in [2.75, 3.05) is 0 Å². The van der Waals surface area contributed by atoms with Crippen LogP contribution in [0.1, 0.15) is 25.3 Å². The number of hydrogen-bond acceptors (Lipinski definition) is 5. The zero-order chi connectivity index (χ0) is 14.7. The molecule has 0 amide bonds. The van der Waals surface area contributed by atoms with Crippen LogP contribution in [-0.2, 0) is 0 Å². The molecule has 0 atom stereocenters. The van der Waals surface area contributed by atoms with Gasteiger partial charge in [0.1, 0.15) is 5.69 Å². The summed E-state index contributed by atoms with van der Waals surface area (Å²) in [5.74, 6) is 1.45. The highest BCUT2D eigenvalue weighted by molar-refractivity contribution is 5.55. The van der Waals surface area contributed by atoms with E-state index in [1.54, 1.807) is 6.20 Å². The molecule has 3 aromatic rings. The fourth-order valence-electron chi connectivity index (χ4n) is 1.96. The van der Waals surface area contributed by atoms with Crippen molar-refractivity contribution in [3.63, 3.8) is 0 Å². The van der Waals surface area contributed by atoms with Crippen molar-refractivity contribution in [2.24, 2.45) is 0 Å². The fourth-order valence-corrected chi connectivity index (χ4v) is 1.96. The van der Waals surface area contributed by atoms with Crippen molar-refractivity contribution in [3.8, 4) is 22.9 Å². The van der Waals surface area contributed by atoms with Gasteiger partial charge in [0.05, 0.1) is 0 Å². The Hall–Kier alpha value is -2.69. The lowest BCUT2D eigenvalue weighted by Gasteiger charge is -2.05. The summed E-state index contributed by atoms with van der Waals surface area (Å²) in [6.45, 7) is 4.33. The van der Waals surface area contributed by atoms with E-state index in [1.807, 2.05) is 30.3 Å². The molecule has 0 bridgehead atoms. The van der Waals surface area contributed by atoms with Crippen LogP contribution >= 0.6 is 0 Å². The molecular weight excluding hydrogens is 262 g/mol. The van der Waals surface area contributed by atoms with Gasteiger partial charge in [-0.25, -0.2) is 0 Å². The first-order chi connectivity index (χ1) is 10.2. The molecule has 2 heterocycles. The third-order valence-electron chi connectivity index (χ3n) is 3.21. The number of rotatable bonds is 3. The maximum Gasteiger partial charge on any atom is 0.221 e. The first kappa shape index (κ1) is 13.3. The van der Waals surface area contributed by atoms with Crippen LogP contribution < -0.4 is 0 Å². The third-order valence-corrected chi connectivity index (χ3v) is 3.21. The topological polar surface area (TPSA) is 64.5 Å². The summed E-state index contributed by atoms with van der Waals surface area (Å²) in [5, 5.41) is 16.5. The lowest BCUT2D eigenvalue weighted by molar-refractivity contribution is 0.861. The fraction of sp³-hybridized carbons (Fsp3) is 0.188. The zero-order valence-corrected chi connectivity index (χ0v) is 11.9. The Kier molecular flexibility index (Phi) is 3.64. The SMILES string of the molecule is CC(C)c1ccc(-c2nnc(-c3ccccn3)nn2)cc1. The van der Waals surface area contributed by atoms with Gasteiger partial charge in [-0.3, -0.25) is 4.98 Å². The zero-order valence-electron chi connectivity index (χ0n) is 11.9. The Labute approximate surface area is 123 Å². The molecule has 0 spiro atoms. The highest BCUT2D eigenvalue weighted by atomic mass is 15.3. The Morgan fingerprint density at radius 3 is 2.00 bits per heavy atom. The maximum absolute atomic E-state index is 4.18. The Morgan fingerprint density at radius 1 is 0.762 bits per heavy atom. The van der Waals surface area contributed by atoms with E-state index in [4.69, 9.17) is 0 Å². The number of aromatic nitrogens is 5. The summed E-state index contributed by atoms with van der Waals surface area (Å²) in [4.78, 5) is 4.18. The maximum atomic E-state index is 4.18. The number of pyridine rings is 1.